The molecule has 0 bridgehead atoms. The van der Waals surface area contributed by atoms with Crippen LogP contribution in [0.3, 0.4) is 0 Å². The third kappa shape index (κ3) is 9.89. The van der Waals surface area contributed by atoms with E-state index in [1.54, 1.807) is 6.92 Å². The standard InChI is InChI=1S/C11H23NO4/c1-4-15-11(14)5-6-12-7-10(13)8-16-9(2)3/h9-10,12-13H,4-8H2,1-3H3. The minimum atomic E-state index is -0.537. The summed E-state index contributed by atoms with van der Waals surface area (Å²) in [6.45, 7) is 7.26. The van der Waals surface area contributed by atoms with Crippen molar-refractivity contribution < 1.29 is 19.4 Å². The maximum Gasteiger partial charge on any atom is 0.307 e. The van der Waals surface area contributed by atoms with Gasteiger partial charge in [-0.2, -0.15) is 0 Å². The Balaban J connectivity index is 3.33. The molecule has 0 saturated carbocycles. The maximum atomic E-state index is 11.0. The van der Waals surface area contributed by atoms with E-state index in [1.807, 2.05) is 13.8 Å². The summed E-state index contributed by atoms with van der Waals surface area (Å²) in [6, 6.07) is 0. The van der Waals surface area contributed by atoms with Crippen LogP contribution in [0.4, 0.5) is 0 Å². The Morgan fingerprint density at radius 3 is 2.69 bits per heavy atom. The molecule has 1 atom stereocenters. The molecule has 1 unspecified atom stereocenters. The highest BCUT2D eigenvalue weighted by atomic mass is 16.5. The minimum absolute atomic E-state index is 0.120. The van der Waals surface area contributed by atoms with Gasteiger partial charge in [0.25, 0.3) is 0 Å². The summed E-state index contributed by atoms with van der Waals surface area (Å²) in [5.74, 6) is -0.220. The third-order valence-electron chi connectivity index (χ3n) is 1.81. The van der Waals surface area contributed by atoms with Crippen molar-refractivity contribution in [2.24, 2.45) is 0 Å². The maximum absolute atomic E-state index is 11.0. The van der Waals surface area contributed by atoms with Gasteiger partial charge in [-0.25, -0.2) is 0 Å². The fraction of sp³-hybridized carbons (Fsp3) is 0.909. The molecule has 0 radical (unpaired) electrons. The van der Waals surface area contributed by atoms with Crippen molar-refractivity contribution in [1.82, 2.24) is 5.32 Å². The molecule has 0 aromatic carbocycles. The molecule has 2 N–H and O–H groups in total. The Morgan fingerprint density at radius 1 is 1.44 bits per heavy atom. The van der Waals surface area contributed by atoms with Crippen molar-refractivity contribution in [3.63, 3.8) is 0 Å². The molecule has 0 aliphatic heterocycles. The van der Waals surface area contributed by atoms with Crippen molar-refractivity contribution in [2.45, 2.75) is 39.4 Å². The van der Waals surface area contributed by atoms with Crippen LogP contribution in [0.1, 0.15) is 27.2 Å². The van der Waals surface area contributed by atoms with Gasteiger partial charge in [-0.1, -0.05) is 0 Å². The van der Waals surface area contributed by atoms with Gasteiger partial charge in [-0.05, 0) is 20.8 Å². The van der Waals surface area contributed by atoms with E-state index in [-0.39, 0.29) is 12.1 Å². The smallest absolute Gasteiger partial charge is 0.307 e. The molecule has 0 aromatic rings. The fourth-order valence-electron chi connectivity index (χ4n) is 1.05. The quantitative estimate of drug-likeness (QED) is 0.443. The predicted octanol–water partition coefficient (Wildman–Crippen LogP) is 0.315. The summed E-state index contributed by atoms with van der Waals surface area (Å²) in [4.78, 5) is 11.0. The first kappa shape index (κ1) is 15.3. The van der Waals surface area contributed by atoms with E-state index in [9.17, 15) is 9.90 Å². The van der Waals surface area contributed by atoms with Gasteiger partial charge in [0, 0.05) is 13.1 Å². The Kier molecular flexibility index (Phi) is 9.18. The summed E-state index contributed by atoms with van der Waals surface area (Å²) in [5.41, 5.74) is 0. The summed E-state index contributed by atoms with van der Waals surface area (Å²) in [6.07, 6.45) is -0.0928. The van der Waals surface area contributed by atoms with Gasteiger partial charge in [0.2, 0.25) is 0 Å². The Morgan fingerprint density at radius 2 is 2.12 bits per heavy atom. The third-order valence-corrected chi connectivity index (χ3v) is 1.81. The molecule has 0 rings (SSSR count). The number of hydrogen-bond acceptors (Lipinski definition) is 5. The lowest BCUT2D eigenvalue weighted by Crippen LogP contribution is -2.32. The van der Waals surface area contributed by atoms with Crippen LogP contribution in [0.5, 0.6) is 0 Å². The van der Waals surface area contributed by atoms with Crippen LogP contribution in [0.25, 0.3) is 0 Å². The molecule has 0 aromatic heterocycles. The van der Waals surface area contributed by atoms with Gasteiger partial charge in [0.05, 0.1) is 31.8 Å². The van der Waals surface area contributed by atoms with E-state index in [1.165, 1.54) is 0 Å². The zero-order valence-electron chi connectivity index (χ0n) is 10.4. The van der Waals surface area contributed by atoms with Gasteiger partial charge >= 0.3 is 5.97 Å². The number of esters is 1. The Hall–Kier alpha value is -0.650. The van der Waals surface area contributed by atoms with E-state index in [0.29, 0.717) is 32.7 Å². The topological polar surface area (TPSA) is 67.8 Å². The molecular weight excluding hydrogens is 210 g/mol. The first-order chi connectivity index (χ1) is 7.56. The van der Waals surface area contributed by atoms with E-state index in [4.69, 9.17) is 9.47 Å². The second kappa shape index (κ2) is 9.57. The molecule has 0 spiro atoms. The van der Waals surface area contributed by atoms with Crippen molar-refractivity contribution >= 4 is 5.97 Å². The summed E-state index contributed by atoms with van der Waals surface area (Å²) in [5, 5.41) is 12.4. The number of ether oxygens (including phenoxy) is 2. The van der Waals surface area contributed by atoms with Gasteiger partial charge in [-0.15, -0.1) is 0 Å². The largest absolute Gasteiger partial charge is 0.466 e. The number of aliphatic hydroxyl groups is 1. The Bertz CT molecular complexity index is 185. The van der Waals surface area contributed by atoms with E-state index in [2.05, 4.69) is 5.32 Å². The van der Waals surface area contributed by atoms with Crippen molar-refractivity contribution in [1.29, 1.82) is 0 Å². The molecule has 5 nitrogen and oxygen atoms in total. The summed E-state index contributed by atoms with van der Waals surface area (Å²) in [7, 11) is 0. The minimum Gasteiger partial charge on any atom is -0.466 e. The number of nitrogens with one attached hydrogen (secondary N) is 1. The van der Waals surface area contributed by atoms with Crippen LogP contribution < -0.4 is 5.32 Å². The first-order valence-corrected chi connectivity index (χ1v) is 5.72. The lowest BCUT2D eigenvalue weighted by Gasteiger charge is -2.13. The number of rotatable bonds is 9. The van der Waals surface area contributed by atoms with Crippen LogP contribution in [-0.2, 0) is 14.3 Å². The lowest BCUT2D eigenvalue weighted by molar-refractivity contribution is -0.143. The molecule has 96 valence electrons. The highest BCUT2D eigenvalue weighted by molar-refractivity contribution is 5.69. The number of carbonyl (C=O) groups is 1. The highest BCUT2D eigenvalue weighted by Crippen LogP contribution is 1.91. The molecule has 0 heterocycles. The molecule has 16 heavy (non-hydrogen) atoms. The zero-order valence-corrected chi connectivity index (χ0v) is 10.4. The molecular formula is C11H23NO4. The first-order valence-electron chi connectivity index (χ1n) is 5.72. The Labute approximate surface area is 97.1 Å². The van der Waals surface area contributed by atoms with Gasteiger partial charge in [0.1, 0.15) is 0 Å². The SMILES string of the molecule is CCOC(=O)CCNCC(O)COC(C)C. The fourth-order valence-corrected chi connectivity index (χ4v) is 1.05. The van der Waals surface area contributed by atoms with E-state index >= 15 is 0 Å². The van der Waals surface area contributed by atoms with Crippen LogP contribution in [0.2, 0.25) is 0 Å². The van der Waals surface area contributed by atoms with Crippen molar-refractivity contribution in [3.05, 3.63) is 0 Å². The molecule has 0 fully saturated rings. The van der Waals surface area contributed by atoms with Crippen molar-refractivity contribution in [3.8, 4) is 0 Å². The number of hydrogen-bond donors (Lipinski definition) is 2. The highest BCUT2D eigenvalue weighted by Gasteiger charge is 2.06. The monoisotopic (exact) mass is 233 g/mol. The number of carbonyl (C=O) groups excluding carboxylic acids is 1. The molecule has 0 aliphatic carbocycles. The normalized spacial score (nSPS) is 12.8. The lowest BCUT2D eigenvalue weighted by atomic mass is 10.3. The second-order valence-corrected chi connectivity index (χ2v) is 3.80. The average Bonchev–Trinajstić information content (AvgIpc) is 2.22. The van der Waals surface area contributed by atoms with Crippen LogP contribution in [0.15, 0.2) is 0 Å². The van der Waals surface area contributed by atoms with Gasteiger partial charge in [0.15, 0.2) is 0 Å². The second-order valence-electron chi connectivity index (χ2n) is 3.80. The van der Waals surface area contributed by atoms with Crippen LogP contribution >= 0.6 is 0 Å². The van der Waals surface area contributed by atoms with Crippen molar-refractivity contribution in [2.75, 3.05) is 26.3 Å². The average molecular weight is 233 g/mol. The predicted molar refractivity (Wildman–Crippen MR) is 61.2 cm³/mol. The molecule has 0 amide bonds. The molecule has 5 heteroatoms. The zero-order chi connectivity index (χ0) is 12.4. The van der Waals surface area contributed by atoms with Crippen LogP contribution in [0, 0.1) is 0 Å². The molecule has 0 aliphatic rings. The number of aliphatic hydroxyl groups excluding tert-OH is 1. The summed E-state index contributed by atoms with van der Waals surface area (Å²) >= 11 is 0. The van der Waals surface area contributed by atoms with Gasteiger partial charge in [-0.3, -0.25) is 4.79 Å². The van der Waals surface area contributed by atoms with Crippen LogP contribution in [-0.4, -0.2) is 49.6 Å². The summed E-state index contributed by atoms with van der Waals surface area (Å²) < 4.78 is 10.0. The molecule has 0 saturated heterocycles. The van der Waals surface area contributed by atoms with Gasteiger partial charge < -0.3 is 19.9 Å². The van der Waals surface area contributed by atoms with E-state index in [0.717, 1.165) is 0 Å². The van der Waals surface area contributed by atoms with E-state index < -0.39 is 6.10 Å².